The van der Waals surface area contributed by atoms with E-state index in [0.717, 1.165) is 43.3 Å². The summed E-state index contributed by atoms with van der Waals surface area (Å²) in [6.45, 7) is 0.498. The number of rotatable bonds is 5. The van der Waals surface area contributed by atoms with Gasteiger partial charge in [0, 0.05) is 24.6 Å². The van der Waals surface area contributed by atoms with Gasteiger partial charge in [0.1, 0.15) is 5.52 Å². The molecular weight excluding hydrogens is 369 g/mol. The van der Waals surface area contributed by atoms with E-state index in [9.17, 15) is 13.2 Å². The molecule has 4 rings (SSSR count). The topological polar surface area (TPSA) is 63.0 Å². The molecule has 0 atom stereocenters. The smallest absolute Gasteiger partial charge is 0.396 e. The van der Waals surface area contributed by atoms with Crippen LogP contribution in [0.1, 0.15) is 50.1 Å². The Labute approximate surface area is 160 Å². The van der Waals surface area contributed by atoms with Gasteiger partial charge in [0.15, 0.2) is 5.82 Å². The zero-order valence-corrected chi connectivity index (χ0v) is 15.5. The van der Waals surface area contributed by atoms with Crippen molar-refractivity contribution in [1.82, 2.24) is 14.5 Å². The first-order valence-corrected chi connectivity index (χ1v) is 9.71. The van der Waals surface area contributed by atoms with Crippen molar-refractivity contribution in [2.24, 2.45) is 0 Å². The van der Waals surface area contributed by atoms with Crippen molar-refractivity contribution in [3.63, 3.8) is 0 Å². The SMILES string of the molecule is OCCCNc1nc2cc(C(F)(F)F)ccc2c2c1ncn2C1CCCCC1. The quantitative estimate of drug-likeness (QED) is 0.606. The first-order valence-electron chi connectivity index (χ1n) is 9.71. The number of anilines is 1. The van der Waals surface area contributed by atoms with Gasteiger partial charge in [-0.05, 0) is 31.4 Å². The van der Waals surface area contributed by atoms with Crippen LogP contribution in [0.5, 0.6) is 0 Å². The van der Waals surface area contributed by atoms with Gasteiger partial charge in [0.2, 0.25) is 0 Å². The Balaban J connectivity index is 1.90. The number of imidazole rings is 1. The van der Waals surface area contributed by atoms with E-state index in [-0.39, 0.29) is 6.61 Å². The summed E-state index contributed by atoms with van der Waals surface area (Å²) in [6, 6.07) is 4.02. The van der Waals surface area contributed by atoms with Gasteiger partial charge in [-0.25, -0.2) is 9.97 Å². The Morgan fingerprint density at radius 2 is 1.96 bits per heavy atom. The number of alkyl halides is 3. The van der Waals surface area contributed by atoms with Gasteiger partial charge in [-0.15, -0.1) is 0 Å². The van der Waals surface area contributed by atoms with Crippen LogP contribution in [0.25, 0.3) is 21.9 Å². The Hall–Kier alpha value is -2.35. The zero-order valence-electron chi connectivity index (χ0n) is 15.5. The Kier molecular flexibility index (Phi) is 5.14. The average molecular weight is 392 g/mol. The third kappa shape index (κ3) is 3.53. The van der Waals surface area contributed by atoms with Gasteiger partial charge in [-0.1, -0.05) is 25.3 Å². The van der Waals surface area contributed by atoms with Crippen LogP contribution in [0, 0.1) is 0 Å². The van der Waals surface area contributed by atoms with E-state index in [1.54, 1.807) is 6.33 Å². The second-order valence-corrected chi connectivity index (χ2v) is 7.33. The number of aliphatic hydroxyl groups is 1. The lowest BCUT2D eigenvalue weighted by Gasteiger charge is -2.24. The number of hydrogen-bond donors (Lipinski definition) is 2. The van der Waals surface area contributed by atoms with Crippen LogP contribution in [0.15, 0.2) is 24.5 Å². The minimum absolute atomic E-state index is 0.0263. The molecule has 2 N–H and O–H groups in total. The molecule has 0 amide bonds. The number of nitrogens with zero attached hydrogens (tertiary/aromatic N) is 3. The minimum Gasteiger partial charge on any atom is -0.396 e. The van der Waals surface area contributed by atoms with E-state index in [1.165, 1.54) is 12.5 Å². The molecule has 1 saturated carbocycles. The van der Waals surface area contributed by atoms with Crippen LogP contribution in [-0.2, 0) is 6.18 Å². The van der Waals surface area contributed by atoms with Gasteiger partial charge < -0.3 is 15.0 Å². The van der Waals surface area contributed by atoms with Crippen LogP contribution in [-0.4, -0.2) is 32.8 Å². The first-order chi connectivity index (χ1) is 13.5. The molecule has 0 saturated heterocycles. The monoisotopic (exact) mass is 392 g/mol. The number of benzene rings is 1. The second-order valence-electron chi connectivity index (χ2n) is 7.33. The summed E-state index contributed by atoms with van der Waals surface area (Å²) >= 11 is 0. The number of aliphatic hydroxyl groups excluding tert-OH is 1. The van der Waals surface area contributed by atoms with Gasteiger partial charge >= 0.3 is 6.18 Å². The van der Waals surface area contributed by atoms with Crippen molar-refractivity contribution in [2.75, 3.05) is 18.5 Å². The number of nitrogens with one attached hydrogen (secondary N) is 1. The van der Waals surface area contributed by atoms with E-state index in [1.807, 2.05) is 0 Å². The normalized spacial score (nSPS) is 16.1. The van der Waals surface area contributed by atoms with E-state index < -0.39 is 11.7 Å². The minimum atomic E-state index is -4.42. The molecule has 1 fully saturated rings. The molecule has 1 aliphatic carbocycles. The molecule has 0 radical (unpaired) electrons. The van der Waals surface area contributed by atoms with E-state index in [4.69, 9.17) is 5.11 Å². The summed E-state index contributed by atoms with van der Waals surface area (Å²) in [4.78, 5) is 8.99. The van der Waals surface area contributed by atoms with Crippen LogP contribution < -0.4 is 5.32 Å². The Morgan fingerprint density at radius 3 is 2.68 bits per heavy atom. The summed E-state index contributed by atoms with van der Waals surface area (Å²) in [7, 11) is 0. The molecule has 2 heterocycles. The number of hydrogen-bond acceptors (Lipinski definition) is 4. The Bertz CT molecular complexity index is 977. The van der Waals surface area contributed by atoms with Gasteiger partial charge in [0.25, 0.3) is 0 Å². The molecule has 8 heteroatoms. The molecule has 0 aliphatic heterocycles. The number of pyridine rings is 1. The van der Waals surface area contributed by atoms with Crippen molar-refractivity contribution < 1.29 is 18.3 Å². The molecule has 2 aromatic heterocycles. The standard InChI is InChI=1S/C20H23F3N4O/c21-20(22,23)13-7-8-15-16(11-13)26-19(24-9-4-10-28)17-18(15)27(12-25-17)14-5-2-1-3-6-14/h7-8,11-12,14,28H,1-6,9-10H2,(H,24,26). The average Bonchev–Trinajstić information content (AvgIpc) is 3.13. The lowest BCUT2D eigenvalue weighted by atomic mass is 9.95. The summed E-state index contributed by atoms with van der Waals surface area (Å²) < 4.78 is 41.7. The largest absolute Gasteiger partial charge is 0.416 e. The molecule has 1 aromatic carbocycles. The molecule has 150 valence electrons. The van der Waals surface area contributed by atoms with Gasteiger partial charge in [-0.3, -0.25) is 0 Å². The lowest BCUT2D eigenvalue weighted by molar-refractivity contribution is -0.137. The van der Waals surface area contributed by atoms with Crippen molar-refractivity contribution >= 4 is 27.8 Å². The number of fused-ring (bicyclic) bond motifs is 3. The van der Waals surface area contributed by atoms with E-state index >= 15 is 0 Å². The zero-order chi connectivity index (χ0) is 19.7. The highest BCUT2D eigenvalue weighted by atomic mass is 19.4. The van der Waals surface area contributed by atoms with Gasteiger partial charge in [-0.2, -0.15) is 13.2 Å². The fourth-order valence-electron chi connectivity index (χ4n) is 4.02. The maximum Gasteiger partial charge on any atom is 0.416 e. The van der Waals surface area contributed by atoms with Crippen molar-refractivity contribution in [1.29, 1.82) is 0 Å². The van der Waals surface area contributed by atoms with Crippen molar-refractivity contribution in [3.05, 3.63) is 30.1 Å². The fraction of sp³-hybridized carbons (Fsp3) is 0.500. The third-order valence-electron chi connectivity index (χ3n) is 5.43. The van der Waals surface area contributed by atoms with Crippen LogP contribution in [0.4, 0.5) is 19.0 Å². The lowest BCUT2D eigenvalue weighted by Crippen LogP contribution is -2.12. The maximum absolute atomic E-state index is 13.2. The molecule has 0 unspecified atom stereocenters. The highest BCUT2D eigenvalue weighted by molar-refractivity contribution is 6.07. The predicted octanol–water partition coefficient (Wildman–Crippen LogP) is 4.90. The number of halogens is 3. The fourth-order valence-corrected chi connectivity index (χ4v) is 4.02. The van der Waals surface area contributed by atoms with Crippen molar-refractivity contribution in [3.8, 4) is 0 Å². The third-order valence-corrected chi connectivity index (χ3v) is 5.43. The molecule has 0 spiro atoms. The molecule has 0 bridgehead atoms. The summed E-state index contributed by atoms with van der Waals surface area (Å²) in [5.74, 6) is 0.463. The van der Waals surface area contributed by atoms with E-state index in [0.29, 0.717) is 41.2 Å². The molecule has 1 aliphatic rings. The maximum atomic E-state index is 13.2. The Morgan fingerprint density at radius 1 is 1.18 bits per heavy atom. The highest BCUT2D eigenvalue weighted by Gasteiger charge is 2.31. The highest BCUT2D eigenvalue weighted by Crippen LogP contribution is 2.37. The summed E-state index contributed by atoms with van der Waals surface area (Å²) in [6.07, 6.45) is 3.49. The first kappa shape index (κ1) is 19.0. The second kappa shape index (κ2) is 7.58. The van der Waals surface area contributed by atoms with Gasteiger partial charge in [0.05, 0.1) is 22.9 Å². The van der Waals surface area contributed by atoms with Crippen LogP contribution in [0.3, 0.4) is 0 Å². The molecule has 28 heavy (non-hydrogen) atoms. The van der Waals surface area contributed by atoms with E-state index in [2.05, 4.69) is 19.9 Å². The van der Waals surface area contributed by atoms with Crippen molar-refractivity contribution in [2.45, 2.75) is 50.7 Å². The molecule has 5 nitrogen and oxygen atoms in total. The van der Waals surface area contributed by atoms with Crippen LogP contribution >= 0.6 is 0 Å². The molecular formula is C20H23F3N4O. The predicted molar refractivity (Wildman–Crippen MR) is 102 cm³/mol. The number of aromatic nitrogens is 3. The summed E-state index contributed by atoms with van der Waals surface area (Å²) in [5, 5.41) is 12.8. The summed E-state index contributed by atoms with van der Waals surface area (Å²) in [5.41, 5.74) is 1.08. The van der Waals surface area contributed by atoms with Crippen LogP contribution in [0.2, 0.25) is 0 Å². The molecule has 3 aromatic rings.